The molecule has 0 aliphatic heterocycles. The molecule has 0 spiro atoms. The minimum absolute atomic E-state index is 0.187. The Labute approximate surface area is 117 Å². The molecule has 20 heavy (non-hydrogen) atoms. The van der Waals surface area contributed by atoms with Crippen molar-refractivity contribution in [1.29, 1.82) is 5.26 Å². The molecule has 0 bridgehead atoms. The van der Waals surface area contributed by atoms with Crippen LogP contribution in [0.5, 0.6) is 0 Å². The molecule has 2 aromatic rings. The molecule has 0 unspecified atom stereocenters. The Morgan fingerprint density at radius 3 is 2.60 bits per heavy atom. The topological polar surface area (TPSA) is 73.1 Å². The number of rotatable bonds is 4. The quantitative estimate of drug-likeness (QED) is 0.889. The average Bonchev–Trinajstić information content (AvgIpc) is 2.53. The molecule has 0 radical (unpaired) electrons. The van der Waals surface area contributed by atoms with Crippen LogP contribution in [-0.2, 0) is 0 Å². The van der Waals surface area contributed by atoms with E-state index < -0.39 is 6.04 Å². The van der Waals surface area contributed by atoms with Crippen LogP contribution in [0.4, 0.5) is 0 Å². The highest BCUT2D eigenvalue weighted by Gasteiger charge is 2.14. The van der Waals surface area contributed by atoms with Gasteiger partial charge < -0.3 is 10.4 Å². The maximum absolute atomic E-state index is 12.1. The zero-order valence-electron chi connectivity index (χ0n) is 10.8. The molecule has 2 N–H and O–H groups in total. The number of nitrogens with one attached hydrogen (secondary N) is 1. The Morgan fingerprint density at radius 2 is 1.95 bits per heavy atom. The van der Waals surface area contributed by atoms with Crippen molar-refractivity contribution in [2.75, 3.05) is 6.61 Å². The van der Waals surface area contributed by atoms with Crippen molar-refractivity contribution in [1.82, 2.24) is 5.32 Å². The molecule has 0 aliphatic rings. The second kappa shape index (κ2) is 6.50. The summed E-state index contributed by atoms with van der Waals surface area (Å²) in [6, 6.07) is 17.2. The van der Waals surface area contributed by atoms with E-state index in [4.69, 9.17) is 5.26 Å². The van der Waals surface area contributed by atoms with E-state index in [-0.39, 0.29) is 12.5 Å². The minimum Gasteiger partial charge on any atom is -0.394 e. The van der Waals surface area contributed by atoms with Gasteiger partial charge in [0.05, 0.1) is 24.3 Å². The van der Waals surface area contributed by atoms with Gasteiger partial charge in [-0.05, 0) is 23.8 Å². The first-order valence-electron chi connectivity index (χ1n) is 6.21. The van der Waals surface area contributed by atoms with Gasteiger partial charge >= 0.3 is 0 Å². The number of nitrogens with zero attached hydrogens (tertiary/aromatic N) is 1. The molecule has 0 aliphatic carbocycles. The fourth-order valence-electron chi connectivity index (χ4n) is 1.89. The van der Waals surface area contributed by atoms with E-state index >= 15 is 0 Å². The van der Waals surface area contributed by atoms with Crippen LogP contribution in [0.1, 0.15) is 27.5 Å². The number of nitriles is 1. The van der Waals surface area contributed by atoms with Crippen molar-refractivity contribution in [3.8, 4) is 6.07 Å². The Kier molecular flexibility index (Phi) is 4.48. The van der Waals surface area contributed by atoms with E-state index in [1.54, 1.807) is 18.2 Å². The lowest BCUT2D eigenvalue weighted by molar-refractivity contribution is 0.0916. The largest absolute Gasteiger partial charge is 0.394 e. The molecule has 0 saturated heterocycles. The smallest absolute Gasteiger partial charge is 0.251 e. The molecular formula is C16H14N2O2. The minimum atomic E-state index is -0.463. The van der Waals surface area contributed by atoms with Gasteiger partial charge in [0, 0.05) is 5.56 Å². The molecule has 100 valence electrons. The van der Waals surface area contributed by atoms with Crippen LogP contribution in [-0.4, -0.2) is 17.6 Å². The number of aliphatic hydroxyl groups excluding tert-OH is 1. The predicted molar refractivity (Wildman–Crippen MR) is 74.9 cm³/mol. The highest BCUT2D eigenvalue weighted by atomic mass is 16.3. The lowest BCUT2D eigenvalue weighted by atomic mass is 10.1. The molecule has 0 heterocycles. The van der Waals surface area contributed by atoms with Crippen molar-refractivity contribution < 1.29 is 9.90 Å². The summed E-state index contributed by atoms with van der Waals surface area (Å²) in [5.74, 6) is -0.315. The lowest BCUT2D eigenvalue weighted by Crippen LogP contribution is -2.30. The summed E-state index contributed by atoms with van der Waals surface area (Å²) in [6.45, 7) is -0.187. The normalized spacial score (nSPS) is 11.4. The van der Waals surface area contributed by atoms with Crippen LogP contribution in [0.2, 0.25) is 0 Å². The van der Waals surface area contributed by atoms with Gasteiger partial charge in [-0.2, -0.15) is 5.26 Å². The van der Waals surface area contributed by atoms with Crippen LogP contribution in [0.15, 0.2) is 54.6 Å². The summed E-state index contributed by atoms with van der Waals surface area (Å²) in [6.07, 6.45) is 0. The van der Waals surface area contributed by atoms with E-state index in [9.17, 15) is 9.90 Å². The third-order valence-electron chi connectivity index (χ3n) is 2.94. The number of carbonyl (C=O) groups is 1. The summed E-state index contributed by atoms with van der Waals surface area (Å²) in [5.41, 5.74) is 1.66. The van der Waals surface area contributed by atoms with Gasteiger partial charge in [0.1, 0.15) is 0 Å². The maximum Gasteiger partial charge on any atom is 0.251 e. The van der Waals surface area contributed by atoms with E-state index in [0.29, 0.717) is 11.1 Å². The molecule has 0 fully saturated rings. The summed E-state index contributed by atoms with van der Waals surface area (Å²) >= 11 is 0. The molecule has 0 saturated carbocycles. The molecule has 1 amide bonds. The SMILES string of the molecule is N#Cc1cccc(C(=O)N[C@H](CO)c2ccccc2)c1. The van der Waals surface area contributed by atoms with Gasteiger partial charge in [-0.3, -0.25) is 4.79 Å². The van der Waals surface area contributed by atoms with E-state index in [1.807, 2.05) is 36.4 Å². The fourth-order valence-corrected chi connectivity index (χ4v) is 1.89. The molecule has 2 rings (SSSR count). The van der Waals surface area contributed by atoms with E-state index in [2.05, 4.69) is 5.32 Å². The van der Waals surface area contributed by atoms with Crippen LogP contribution in [0.25, 0.3) is 0 Å². The lowest BCUT2D eigenvalue weighted by Gasteiger charge is -2.16. The molecule has 2 aromatic carbocycles. The zero-order valence-corrected chi connectivity index (χ0v) is 10.8. The number of carbonyl (C=O) groups excluding carboxylic acids is 1. The number of benzene rings is 2. The summed E-state index contributed by atoms with van der Waals surface area (Å²) in [4.78, 5) is 12.1. The molecule has 1 atom stereocenters. The number of amides is 1. The second-order valence-corrected chi connectivity index (χ2v) is 4.31. The van der Waals surface area contributed by atoms with Gasteiger partial charge in [0.25, 0.3) is 5.91 Å². The zero-order chi connectivity index (χ0) is 14.4. The molecule has 0 aromatic heterocycles. The second-order valence-electron chi connectivity index (χ2n) is 4.31. The van der Waals surface area contributed by atoms with E-state index in [0.717, 1.165) is 5.56 Å². The summed E-state index contributed by atoms with van der Waals surface area (Å²) < 4.78 is 0. The van der Waals surface area contributed by atoms with Crippen molar-refractivity contribution in [2.45, 2.75) is 6.04 Å². The number of hydrogen-bond acceptors (Lipinski definition) is 3. The van der Waals surface area contributed by atoms with Crippen LogP contribution >= 0.6 is 0 Å². The van der Waals surface area contributed by atoms with Crippen molar-refractivity contribution in [3.63, 3.8) is 0 Å². The first kappa shape index (κ1) is 13.8. The van der Waals surface area contributed by atoms with Crippen LogP contribution < -0.4 is 5.32 Å². The Hall–Kier alpha value is -2.64. The Morgan fingerprint density at radius 1 is 1.20 bits per heavy atom. The Bertz CT molecular complexity index is 632. The predicted octanol–water partition coefficient (Wildman–Crippen LogP) is 2.02. The van der Waals surface area contributed by atoms with Crippen molar-refractivity contribution in [3.05, 3.63) is 71.3 Å². The summed E-state index contributed by atoms with van der Waals surface area (Å²) in [5, 5.41) is 21.0. The van der Waals surface area contributed by atoms with Gasteiger partial charge in [-0.25, -0.2) is 0 Å². The molecular weight excluding hydrogens is 252 g/mol. The number of hydrogen-bond donors (Lipinski definition) is 2. The standard InChI is InChI=1S/C16H14N2O2/c17-10-12-5-4-8-14(9-12)16(20)18-15(11-19)13-6-2-1-3-7-13/h1-9,15,19H,11H2,(H,18,20)/t15-/m1/s1. The third kappa shape index (κ3) is 3.22. The van der Waals surface area contributed by atoms with Gasteiger partial charge in [0.2, 0.25) is 0 Å². The molecule has 4 heteroatoms. The molecule has 4 nitrogen and oxygen atoms in total. The number of aliphatic hydroxyl groups is 1. The van der Waals surface area contributed by atoms with Gasteiger partial charge in [0.15, 0.2) is 0 Å². The third-order valence-corrected chi connectivity index (χ3v) is 2.94. The first-order chi connectivity index (χ1) is 9.74. The van der Waals surface area contributed by atoms with Gasteiger partial charge in [-0.15, -0.1) is 0 Å². The Balaban J connectivity index is 2.15. The monoisotopic (exact) mass is 266 g/mol. The average molecular weight is 266 g/mol. The van der Waals surface area contributed by atoms with Crippen LogP contribution in [0, 0.1) is 11.3 Å². The maximum atomic E-state index is 12.1. The highest BCUT2D eigenvalue weighted by Crippen LogP contribution is 2.13. The van der Waals surface area contributed by atoms with E-state index in [1.165, 1.54) is 6.07 Å². The van der Waals surface area contributed by atoms with Crippen LogP contribution in [0.3, 0.4) is 0 Å². The van der Waals surface area contributed by atoms with Crippen molar-refractivity contribution in [2.24, 2.45) is 0 Å². The van der Waals surface area contributed by atoms with Gasteiger partial charge in [-0.1, -0.05) is 36.4 Å². The summed E-state index contributed by atoms with van der Waals surface area (Å²) in [7, 11) is 0. The fraction of sp³-hybridized carbons (Fsp3) is 0.125. The highest BCUT2D eigenvalue weighted by molar-refractivity contribution is 5.94. The van der Waals surface area contributed by atoms with Crippen molar-refractivity contribution >= 4 is 5.91 Å². The first-order valence-corrected chi connectivity index (χ1v) is 6.21.